The third-order valence-corrected chi connectivity index (χ3v) is 5.81. The lowest BCUT2D eigenvalue weighted by Gasteiger charge is -2.20. The van der Waals surface area contributed by atoms with Gasteiger partial charge in [-0.05, 0) is 44.0 Å². The van der Waals surface area contributed by atoms with Crippen LogP contribution in [0.5, 0.6) is 0 Å². The van der Waals surface area contributed by atoms with E-state index in [0.717, 1.165) is 25.5 Å². The molecule has 1 aliphatic rings. The van der Waals surface area contributed by atoms with Crippen LogP contribution in [-0.4, -0.2) is 65.2 Å². The normalized spacial score (nSPS) is 16.6. The van der Waals surface area contributed by atoms with Gasteiger partial charge in [-0.25, -0.2) is 4.79 Å². The molecule has 2 aromatic rings. The van der Waals surface area contributed by atoms with Gasteiger partial charge in [0.1, 0.15) is 0 Å². The van der Waals surface area contributed by atoms with Crippen molar-refractivity contribution in [1.82, 2.24) is 19.6 Å². The Morgan fingerprint density at radius 2 is 2.00 bits per heavy atom. The van der Waals surface area contributed by atoms with E-state index in [4.69, 9.17) is 0 Å². The van der Waals surface area contributed by atoms with E-state index in [0.29, 0.717) is 36.8 Å². The van der Waals surface area contributed by atoms with Gasteiger partial charge in [0.15, 0.2) is 0 Å². The number of hydrogen-bond donors (Lipinski definition) is 0. The molecule has 3 rings (SSSR count). The molecule has 0 aliphatic carbocycles. The molecule has 2 heterocycles. The topological polar surface area (TPSA) is 61.7 Å². The molecule has 7 nitrogen and oxygen atoms in total. The first-order chi connectivity index (χ1) is 15.0. The fourth-order valence-electron chi connectivity index (χ4n) is 3.80. The van der Waals surface area contributed by atoms with E-state index in [-0.39, 0.29) is 11.9 Å². The largest absolute Gasteiger partial charge is 0.416 e. The number of alkyl halides is 3. The molecule has 32 heavy (non-hydrogen) atoms. The summed E-state index contributed by atoms with van der Waals surface area (Å²) < 4.78 is 39.9. The average Bonchev–Trinajstić information content (AvgIpc) is 3.41. The molecule has 1 atom stereocenters. The molecule has 0 radical (unpaired) electrons. The number of carbonyl (C=O) groups excluding carboxylic acids is 2. The number of likely N-dealkylation sites (tertiary alicyclic amines) is 1. The lowest BCUT2D eigenvalue weighted by Crippen LogP contribution is -2.33. The van der Waals surface area contributed by atoms with Gasteiger partial charge in [-0.15, -0.1) is 0 Å². The van der Waals surface area contributed by atoms with Crippen molar-refractivity contribution in [2.45, 2.75) is 32.5 Å². The van der Waals surface area contributed by atoms with Gasteiger partial charge in [0, 0.05) is 33.6 Å². The molecule has 1 fully saturated rings. The van der Waals surface area contributed by atoms with Gasteiger partial charge in [0.2, 0.25) is 5.91 Å². The van der Waals surface area contributed by atoms with Gasteiger partial charge in [-0.2, -0.15) is 23.0 Å². The van der Waals surface area contributed by atoms with Crippen LogP contribution in [0.4, 0.5) is 23.7 Å². The second-order valence-electron chi connectivity index (χ2n) is 8.33. The van der Waals surface area contributed by atoms with Gasteiger partial charge in [0.25, 0.3) is 0 Å². The van der Waals surface area contributed by atoms with Crippen molar-refractivity contribution in [2.75, 3.05) is 38.6 Å². The van der Waals surface area contributed by atoms with Crippen molar-refractivity contribution in [2.24, 2.45) is 5.92 Å². The van der Waals surface area contributed by atoms with Crippen molar-refractivity contribution in [3.8, 4) is 0 Å². The van der Waals surface area contributed by atoms with Crippen LogP contribution >= 0.6 is 0 Å². The first-order valence-electron chi connectivity index (χ1n) is 10.5. The summed E-state index contributed by atoms with van der Waals surface area (Å²) in [5.74, 6) is 0.172. The van der Waals surface area contributed by atoms with E-state index >= 15 is 0 Å². The minimum Gasteiger partial charge on any atom is -0.323 e. The molecule has 10 heteroatoms. The van der Waals surface area contributed by atoms with Gasteiger partial charge in [-0.1, -0.05) is 18.2 Å². The van der Waals surface area contributed by atoms with E-state index in [1.54, 1.807) is 24.2 Å². The van der Waals surface area contributed by atoms with Gasteiger partial charge in [-0.3, -0.25) is 4.79 Å². The van der Waals surface area contributed by atoms with Crippen LogP contribution in [0.3, 0.4) is 0 Å². The lowest BCUT2D eigenvalue weighted by atomic mass is 10.0. The number of rotatable bonds is 6. The Morgan fingerprint density at radius 1 is 1.25 bits per heavy atom. The fraction of sp³-hybridized carbons (Fsp3) is 0.500. The summed E-state index contributed by atoms with van der Waals surface area (Å²) in [6.45, 7) is 3.82. The zero-order valence-electron chi connectivity index (χ0n) is 18.5. The molecule has 1 aliphatic heterocycles. The van der Waals surface area contributed by atoms with Crippen molar-refractivity contribution in [1.29, 1.82) is 0 Å². The number of aromatic nitrogens is 2. The Balaban J connectivity index is 1.48. The Kier molecular flexibility index (Phi) is 7.22. The molecule has 0 saturated carbocycles. The standard InChI is InChI=1S/C22H28F3N5O2/c1-16(31)28(3)20-12-26-30(15-20)21(32)29-10-8-17(14-29)7-9-27(2)13-18-5-4-6-19(11-18)22(23,24)25/h4-6,11-12,15,17H,7-10,13-14H2,1-3H3. The maximum atomic E-state index is 12.9. The van der Waals surface area contributed by atoms with Gasteiger partial charge < -0.3 is 14.7 Å². The molecule has 1 aromatic carbocycles. The Labute approximate surface area is 185 Å². The van der Waals surface area contributed by atoms with E-state index < -0.39 is 11.7 Å². The zero-order chi connectivity index (χ0) is 23.5. The van der Waals surface area contributed by atoms with Crippen LogP contribution in [0.1, 0.15) is 30.9 Å². The number of amides is 2. The monoisotopic (exact) mass is 451 g/mol. The number of benzene rings is 1. The molecular weight excluding hydrogens is 423 g/mol. The maximum Gasteiger partial charge on any atom is 0.416 e. The lowest BCUT2D eigenvalue weighted by molar-refractivity contribution is -0.137. The van der Waals surface area contributed by atoms with E-state index in [9.17, 15) is 22.8 Å². The second-order valence-corrected chi connectivity index (χ2v) is 8.33. The number of halogens is 3. The highest BCUT2D eigenvalue weighted by Gasteiger charge is 2.30. The first-order valence-corrected chi connectivity index (χ1v) is 10.5. The second kappa shape index (κ2) is 9.72. The maximum absolute atomic E-state index is 12.9. The van der Waals surface area contributed by atoms with E-state index in [1.165, 1.54) is 34.8 Å². The third kappa shape index (κ3) is 5.87. The molecule has 0 spiro atoms. The predicted molar refractivity (Wildman–Crippen MR) is 114 cm³/mol. The highest BCUT2D eigenvalue weighted by Crippen LogP contribution is 2.30. The summed E-state index contributed by atoms with van der Waals surface area (Å²) in [6.07, 6.45) is 0.391. The molecule has 0 N–H and O–H groups in total. The Morgan fingerprint density at radius 3 is 2.69 bits per heavy atom. The van der Waals surface area contributed by atoms with Crippen LogP contribution in [0.25, 0.3) is 0 Å². The zero-order valence-corrected chi connectivity index (χ0v) is 18.5. The number of nitrogens with zero attached hydrogens (tertiary/aromatic N) is 5. The van der Waals surface area contributed by atoms with Crippen LogP contribution in [0.15, 0.2) is 36.7 Å². The molecular formula is C22H28F3N5O2. The summed E-state index contributed by atoms with van der Waals surface area (Å²) in [7, 11) is 3.50. The van der Waals surface area contributed by atoms with E-state index in [2.05, 4.69) is 5.10 Å². The Bertz CT molecular complexity index is 959. The summed E-state index contributed by atoms with van der Waals surface area (Å²) in [5.41, 5.74) is 0.540. The van der Waals surface area contributed by atoms with Crippen molar-refractivity contribution in [3.05, 3.63) is 47.8 Å². The quantitative estimate of drug-likeness (QED) is 0.672. The first kappa shape index (κ1) is 23.8. The number of anilines is 1. The van der Waals surface area contributed by atoms with Gasteiger partial charge in [0.05, 0.1) is 23.6 Å². The van der Waals surface area contributed by atoms with Crippen molar-refractivity contribution in [3.63, 3.8) is 0 Å². The Hall–Kier alpha value is -2.88. The molecule has 174 valence electrons. The highest BCUT2D eigenvalue weighted by molar-refractivity contribution is 5.91. The van der Waals surface area contributed by atoms with Crippen LogP contribution in [0.2, 0.25) is 0 Å². The molecule has 1 aromatic heterocycles. The fourth-order valence-corrected chi connectivity index (χ4v) is 3.80. The minimum absolute atomic E-state index is 0.146. The van der Waals surface area contributed by atoms with Crippen LogP contribution in [-0.2, 0) is 17.5 Å². The molecule has 2 amide bonds. The van der Waals surface area contributed by atoms with E-state index in [1.807, 2.05) is 11.9 Å². The van der Waals surface area contributed by atoms with Crippen molar-refractivity contribution >= 4 is 17.6 Å². The summed E-state index contributed by atoms with van der Waals surface area (Å²) >= 11 is 0. The smallest absolute Gasteiger partial charge is 0.323 e. The SMILES string of the molecule is CC(=O)N(C)c1cnn(C(=O)N2CCC(CCN(C)Cc3cccc(C(F)(F)F)c3)C2)c1. The van der Waals surface area contributed by atoms with Gasteiger partial charge >= 0.3 is 12.2 Å². The van der Waals surface area contributed by atoms with Crippen LogP contribution < -0.4 is 4.90 Å². The third-order valence-electron chi connectivity index (χ3n) is 5.81. The summed E-state index contributed by atoms with van der Waals surface area (Å²) in [4.78, 5) is 29.3. The van der Waals surface area contributed by atoms with Crippen molar-refractivity contribution < 1.29 is 22.8 Å². The average molecular weight is 451 g/mol. The number of carbonyl (C=O) groups is 2. The molecule has 1 saturated heterocycles. The highest BCUT2D eigenvalue weighted by atomic mass is 19.4. The molecule has 0 bridgehead atoms. The molecule has 1 unspecified atom stereocenters. The van der Waals surface area contributed by atoms with Crippen LogP contribution in [0, 0.1) is 5.92 Å². The minimum atomic E-state index is -4.34. The number of hydrogen-bond acceptors (Lipinski definition) is 4. The summed E-state index contributed by atoms with van der Waals surface area (Å²) in [5, 5.41) is 4.08. The predicted octanol–water partition coefficient (Wildman–Crippen LogP) is 3.70. The summed E-state index contributed by atoms with van der Waals surface area (Å²) in [6, 6.07) is 5.17.